The van der Waals surface area contributed by atoms with E-state index in [0.717, 1.165) is 15.9 Å². The zero-order valence-corrected chi connectivity index (χ0v) is 12.4. The SMILES string of the molecule is CC1(C)OC[C@H]([C@@H]2CC(c3ccc(Br)cn3)=NO2)O1. The van der Waals surface area contributed by atoms with E-state index in [1.54, 1.807) is 6.20 Å². The number of ether oxygens (including phenoxy) is 2. The first-order chi connectivity index (χ1) is 9.03. The highest BCUT2D eigenvalue weighted by Crippen LogP contribution is 2.29. The average molecular weight is 327 g/mol. The molecule has 1 fully saturated rings. The van der Waals surface area contributed by atoms with Gasteiger partial charge < -0.3 is 14.3 Å². The van der Waals surface area contributed by atoms with Gasteiger partial charge in [-0.25, -0.2) is 0 Å². The monoisotopic (exact) mass is 326 g/mol. The topological polar surface area (TPSA) is 52.9 Å². The van der Waals surface area contributed by atoms with Crippen molar-refractivity contribution in [3.63, 3.8) is 0 Å². The first-order valence-electron chi connectivity index (χ1n) is 6.20. The normalized spacial score (nSPS) is 29.1. The molecule has 2 aliphatic heterocycles. The molecule has 2 aliphatic rings. The molecule has 0 bridgehead atoms. The predicted molar refractivity (Wildman–Crippen MR) is 72.9 cm³/mol. The summed E-state index contributed by atoms with van der Waals surface area (Å²) in [5.41, 5.74) is 1.69. The lowest BCUT2D eigenvalue weighted by Gasteiger charge is -2.19. The summed E-state index contributed by atoms with van der Waals surface area (Å²) in [5, 5.41) is 4.11. The summed E-state index contributed by atoms with van der Waals surface area (Å²) in [4.78, 5) is 9.78. The van der Waals surface area contributed by atoms with Crippen LogP contribution in [0.5, 0.6) is 0 Å². The number of halogens is 1. The van der Waals surface area contributed by atoms with Crippen LogP contribution in [0.15, 0.2) is 28.0 Å². The number of hydrogen-bond donors (Lipinski definition) is 0. The minimum absolute atomic E-state index is 0.0771. The van der Waals surface area contributed by atoms with Crippen molar-refractivity contribution in [3.8, 4) is 0 Å². The maximum atomic E-state index is 5.79. The molecule has 3 heterocycles. The molecule has 0 N–H and O–H groups in total. The molecule has 5 nitrogen and oxygen atoms in total. The highest BCUT2D eigenvalue weighted by molar-refractivity contribution is 9.10. The van der Waals surface area contributed by atoms with Crippen molar-refractivity contribution < 1.29 is 14.3 Å². The fourth-order valence-electron chi connectivity index (χ4n) is 2.19. The molecule has 6 heteroatoms. The van der Waals surface area contributed by atoms with Gasteiger partial charge in [-0.2, -0.15) is 0 Å². The lowest BCUT2D eigenvalue weighted by Crippen LogP contribution is -2.31. The summed E-state index contributed by atoms with van der Waals surface area (Å²) in [6, 6.07) is 3.86. The van der Waals surface area contributed by atoms with E-state index in [9.17, 15) is 0 Å². The molecule has 0 amide bonds. The summed E-state index contributed by atoms with van der Waals surface area (Å²) >= 11 is 3.36. The Morgan fingerprint density at radius 2 is 2.16 bits per heavy atom. The summed E-state index contributed by atoms with van der Waals surface area (Å²) in [6.45, 7) is 4.34. The maximum Gasteiger partial charge on any atom is 0.163 e. The fourth-order valence-corrected chi connectivity index (χ4v) is 2.43. The molecular formula is C13H15BrN2O3. The van der Waals surface area contributed by atoms with Gasteiger partial charge in [-0.05, 0) is 41.9 Å². The Bertz CT molecular complexity index is 501. The van der Waals surface area contributed by atoms with E-state index >= 15 is 0 Å². The molecular weight excluding hydrogens is 312 g/mol. The Hall–Kier alpha value is -0.980. The predicted octanol–water partition coefficient (Wildman–Crippen LogP) is 2.49. The fraction of sp³-hybridized carbons (Fsp3) is 0.538. The molecule has 2 atom stereocenters. The van der Waals surface area contributed by atoms with Gasteiger partial charge >= 0.3 is 0 Å². The zero-order valence-electron chi connectivity index (χ0n) is 10.8. The average Bonchev–Trinajstić information content (AvgIpc) is 2.96. The molecule has 102 valence electrons. The molecule has 0 unspecified atom stereocenters. The molecule has 0 aromatic carbocycles. The minimum atomic E-state index is -0.535. The van der Waals surface area contributed by atoms with E-state index in [-0.39, 0.29) is 12.2 Å². The van der Waals surface area contributed by atoms with E-state index in [1.807, 2.05) is 26.0 Å². The molecule has 3 rings (SSSR count). The van der Waals surface area contributed by atoms with Crippen LogP contribution in [-0.2, 0) is 14.3 Å². The minimum Gasteiger partial charge on any atom is -0.389 e. The van der Waals surface area contributed by atoms with Crippen molar-refractivity contribution in [2.45, 2.75) is 38.3 Å². The van der Waals surface area contributed by atoms with Crippen LogP contribution in [0.2, 0.25) is 0 Å². The molecule has 0 aliphatic carbocycles. The Labute approximate surface area is 120 Å². The number of aromatic nitrogens is 1. The van der Waals surface area contributed by atoms with E-state index in [0.29, 0.717) is 13.0 Å². The van der Waals surface area contributed by atoms with Crippen LogP contribution < -0.4 is 0 Å². The van der Waals surface area contributed by atoms with Gasteiger partial charge in [0, 0.05) is 17.1 Å². The van der Waals surface area contributed by atoms with Crippen LogP contribution in [0.4, 0.5) is 0 Å². The van der Waals surface area contributed by atoms with Gasteiger partial charge in [0.15, 0.2) is 11.9 Å². The highest BCUT2D eigenvalue weighted by atomic mass is 79.9. The zero-order chi connectivity index (χ0) is 13.5. The quantitative estimate of drug-likeness (QED) is 0.837. The largest absolute Gasteiger partial charge is 0.389 e. The van der Waals surface area contributed by atoms with Crippen LogP contribution in [0, 0.1) is 0 Å². The molecule has 1 saturated heterocycles. The van der Waals surface area contributed by atoms with Crippen LogP contribution in [0.3, 0.4) is 0 Å². The molecule has 1 aromatic rings. The first-order valence-corrected chi connectivity index (χ1v) is 6.99. The molecule has 19 heavy (non-hydrogen) atoms. The van der Waals surface area contributed by atoms with Crippen molar-refractivity contribution >= 4 is 21.6 Å². The van der Waals surface area contributed by atoms with E-state index in [2.05, 4.69) is 26.1 Å². The van der Waals surface area contributed by atoms with Crippen molar-refractivity contribution in [1.82, 2.24) is 4.98 Å². The van der Waals surface area contributed by atoms with Gasteiger partial charge in [0.2, 0.25) is 0 Å². The number of hydrogen-bond acceptors (Lipinski definition) is 5. The van der Waals surface area contributed by atoms with E-state index < -0.39 is 5.79 Å². The van der Waals surface area contributed by atoms with Gasteiger partial charge in [0.05, 0.1) is 12.3 Å². The Morgan fingerprint density at radius 3 is 2.79 bits per heavy atom. The summed E-state index contributed by atoms with van der Waals surface area (Å²) in [5.74, 6) is -0.535. The van der Waals surface area contributed by atoms with Gasteiger partial charge in [0.1, 0.15) is 11.8 Å². The summed E-state index contributed by atoms with van der Waals surface area (Å²) in [7, 11) is 0. The van der Waals surface area contributed by atoms with Crippen LogP contribution in [0.1, 0.15) is 26.0 Å². The van der Waals surface area contributed by atoms with Gasteiger partial charge in [-0.3, -0.25) is 4.98 Å². The Balaban J connectivity index is 1.65. The second-order valence-corrected chi connectivity index (χ2v) is 6.03. The third kappa shape index (κ3) is 2.80. The third-order valence-electron chi connectivity index (χ3n) is 3.16. The molecule has 0 saturated carbocycles. The maximum absolute atomic E-state index is 5.79. The van der Waals surface area contributed by atoms with Crippen LogP contribution in [-0.4, -0.2) is 35.3 Å². The lowest BCUT2D eigenvalue weighted by molar-refractivity contribution is -0.153. The second-order valence-electron chi connectivity index (χ2n) is 5.11. The molecule has 1 aromatic heterocycles. The summed E-state index contributed by atoms with van der Waals surface area (Å²) in [6.07, 6.45) is 2.27. The first kappa shape index (κ1) is 13.0. The molecule has 0 spiro atoms. The van der Waals surface area contributed by atoms with Crippen molar-refractivity contribution in [3.05, 3.63) is 28.5 Å². The molecule has 0 radical (unpaired) electrons. The Morgan fingerprint density at radius 1 is 1.32 bits per heavy atom. The lowest BCUT2D eigenvalue weighted by atomic mass is 10.1. The Kier molecular flexibility index (Phi) is 3.32. The third-order valence-corrected chi connectivity index (χ3v) is 3.63. The number of oxime groups is 1. The van der Waals surface area contributed by atoms with Gasteiger partial charge in [-0.1, -0.05) is 5.16 Å². The van der Waals surface area contributed by atoms with Crippen molar-refractivity contribution in [2.75, 3.05) is 6.61 Å². The van der Waals surface area contributed by atoms with Gasteiger partial charge in [-0.15, -0.1) is 0 Å². The van der Waals surface area contributed by atoms with E-state index in [4.69, 9.17) is 14.3 Å². The van der Waals surface area contributed by atoms with Crippen molar-refractivity contribution in [1.29, 1.82) is 0 Å². The number of rotatable bonds is 2. The number of pyridine rings is 1. The van der Waals surface area contributed by atoms with E-state index in [1.165, 1.54) is 0 Å². The van der Waals surface area contributed by atoms with Gasteiger partial charge in [0.25, 0.3) is 0 Å². The summed E-state index contributed by atoms with van der Waals surface area (Å²) < 4.78 is 12.3. The smallest absolute Gasteiger partial charge is 0.163 e. The number of nitrogens with zero attached hydrogens (tertiary/aromatic N) is 2. The van der Waals surface area contributed by atoms with Crippen LogP contribution >= 0.6 is 15.9 Å². The standard InChI is InChI=1S/C13H15BrN2O3/c1-13(2)17-7-12(18-13)11-5-10(16-19-11)9-4-3-8(14)6-15-9/h3-4,6,11-12H,5,7H2,1-2H3/t11-,12+/m0/s1. The van der Waals surface area contributed by atoms with Crippen molar-refractivity contribution in [2.24, 2.45) is 5.16 Å². The highest BCUT2D eigenvalue weighted by Gasteiger charge is 2.41. The second kappa shape index (κ2) is 4.85. The van der Waals surface area contributed by atoms with Crippen LogP contribution in [0.25, 0.3) is 0 Å².